The van der Waals surface area contributed by atoms with Crippen molar-refractivity contribution in [3.63, 3.8) is 0 Å². The molecule has 5 nitrogen and oxygen atoms in total. The van der Waals surface area contributed by atoms with Gasteiger partial charge in [-0.25, -0.2) is 8.42 Å². The first-order valence-corrected chi connectivity index (χ1v) is 9.55. The number of alkyl halides is 3. The Morgan fingerprint density at radius 3 is 2.48 bits per heavy atom. The summed E-state index contributed by atoms with van der Waals surface area (Å²) in [5.74, 6) is -1.94. The Kier molecular flexibility index (Phi) is 5.76. The zero-order valence-corrected chi connectivity index (χ0v) is 14.4. The second kappa shape index (κ2) is 7.47. The van der Waals surface area contributed by atoms with E-state index in [0.717, 1.165) is 6.26 Å². The molecule has 1 fully saturated rings. The molecule has 1 aromatic rings. The third-order valence-corrected chi connectivity index (χ3v) is 4.43. The summed E-state index contributed by atoms with van der Waals surface area (Å²) in [6.45, 7) is -0.00311. The summed E-state index contributed by atoms with van der Waals surface area (Å²) in [5.41, 5.74) is 1.02. The van der Waals surface area contributed by atoms with Gasteiger partial charge in [0.1, 0.15) is 0 Å². The van der Waals surface area contributed by atoms with Crippen molar-refractivity contribution in [2.45, 2.75) is 19.0 Å². The molecule has 9 heteroatoms. The number of sulfonamides is 1. The Labute approximate surface area is 144 Å². The van der Waals surface area contributed by atoms with Gasteiger partial charge < -0.3 is 4.90 Å². The average molecular weight is 376 g/mol. The molecule has 138 valence electrons. The zero-order valence-electron chi connectivity index (χ0n) is 13.6. The Morgan fingerprint density at radius 2 is 1.92 bits per heavy atom. The summed E-state index contributed by atoms with van der Waals surface area (Å²) in [7, 11) is -3.37. The van der Waals surface area contributed by atoms with Crippen LogP contribution in [0, 0.1) is 5.92 Å². The second-order valence-corrected chi connectivity index (χ2v) is 7.74. The first-order valence-electron chi connectivity index (χ1n) is 7.66. The predicted octanol–water partition coefficient (Wildman–Crippen LogP) is 2.87. The molecular formula is C16H19F3N2O3S. The lowest BCUT2D eigenvalue weighted by molar-refractivity contribution is -0.187. The molecule has 0 aromatic heterocycles. The van der Waals surface area contributed by atoms with E-state index in [4.69, 9.17) is 0 Å². The highest BCUT2D eigenvalue weighted by atomic mass is 32.2. The van der Waals surface area contributed by atoms with Crippen LogP contribution in [0.15, 0.2) is 30.3 Å². The van der Waals surface area contributed by atoms with Crippen LogP contribution in [0.1, 0.15) is 18.4 Å². The Hall–Kier alpha value is -2.03. The van der Waals surface area contributed by atoms with Crippen LogP contribution in [0.25, 0.3) is 6.08 Å². The molecule has 25 heavy (non-hydrogen) atoms. The molecule has 1 aromatic carbocycles. The van der Waals surface area contributed by atoms with Gasteiger partial charge in [-0.15, -0.1) is 0 Å². The number of halogens is 3. The maximum absolute atomic E-state index is 12.8. The molecule has 1 amide bonds. The number of hydrogen-bond acceptors (Lipinski definition) is 3. The quantitative estimate of drug-likeness (QED) is 0.822. The van der Waals surface area contributed by atoms with Crippen molar-refractivity contribution in [1.29, 1.82) is 0 Å². The molecule has 0 spiro atoms. The maximum Gasteiger partial charge on any atom is 0.393 e. The highest BCUT2D eigenvalue weighted by Crippen LogP contribution is 2.33. The lowest BCUT2D eigenvalue weighted by atomic mass is 9.97. The van der Waals surface area contributed by atoms with Crippen molar-refractivity contribution in [3.05, 3.63) is 35.9 Å². The van der Waals surface area contributed by atoms with Crippen LogP contribution in [0.4, 0.5) is 18.9 Å². The summed E-state index contributed by atoms with van der Waals surface area (Å²) in [4.78, 5) is 13.3. The minimum absolute atomic E-state index is 0.0474. The number of amides is 1. The molecule has 0 radical (unpaired) electrons. The Balaban J connectivity index is 1.98. The van der Waals surface area contributed by atoms with Crippen molar-refractivity contribution < 1.29 is 26.4 Å². The number of anilines is 1. The Bertz CT molecular complexity index is 743. The van der Waals surface area contributed by atoms with Crippen molar-refractivity contribution >= 4 is 27.7 Å². The van der Waals surface area contributed by atoms with E-state index in [9.17, 15) is 26.4 Å². The van der Waals surface area contributed by atoms with Gasteiger partial charge in [-0.1, -0.05) is 12.1 Å². The number of piperidine rings is 1. The van der Waals surface area contributed by atoms with Crippen LogP contribution >= 0.6 is 0 Å². The topological polar surface area (TPSA) is 66.5 Å². The molecule has 1 unspecified atom stereocenters. The molecule has 1 aliphatic heterocycles. The normalized spacial score (nSPS) is 19.2. The molecule has 1 aliphatic rings. The molecular weight excluding hydrogens is 357 g/mol. The van der Waals surface area contributed by atoms with E-state index >= 15 is 0 Å². The predicted molar refractivity (Wildman–Crippen MR) is 89.3 cm³/mol. The van der Waals surface area contributed by atoms with Gasteiger partial charge in [0.15, 0.2) is 0 Å². The van der Waals surface area contributed by atoms with Crippen LogP contribution in [0.3, 0.4) is 0 Å². The summed E-state index contributed by atoms with van der Waals surface area (Å²) in [5, 5.41) is 0. The van der Waals surface area contributed by atoms with Gasteiger partial charge in [-0.05, 0) is 36.6 Å². The Morgan fingerprint density at radius 1 is 1.28 bits per heavy atom. The number of likely N-dealkylation sites (tertiary alicyclic amines) is 1. The van der Waals surface area contributed by atoms with E-state index in [-0.39, 0.29) is 13.0 Å². The number of rotatable bonds is 4. The lowest BCUT2D eigenvalue weighted by Gasteiger charge is -2.33. The SMILES string of the molecule is CS(=O)(=O)Nc1ccc(/C=C/C(=O)N2CCCC(C(F)(F)F)C2)cc1. The minimum Gasteiger partial charge on any atom is -0.339 e. The van der Waals surface area contributed by atoms with E-state index in [1.165, 1.54) is 29.2 Å². The fourth-order valence-corrected chi connectivity index (χ4v) is 3.16. The fourth-order valence-electron chi connectivity index (χ4n) is 2.59. The number of carbonyl (C=O) groups is 1. The van der Waals surface area contributed by atoms with Gasteiger partial charge in [0, 0.05) is 24.9 Å². The standard InChI is InChI=1S/C16H19F3N2O3S/c1-25(23,24)20-14-7-4-12(5-8-14)6-9-15(22)21-10-2-3-13(11-21)16(17,18)19/h4-9,13,20H,2-3,10-11H2,1H3/b9-6+. The minimum atomic E-state index is -4.29. The average Bonchev–Trinajstić information content (AvgIpc) is 2.52. The van der Waals surface area contributed by atoms with E-state index in [1.54, 1.807) is 12.1 Å². The number of nitrogens with zero attached hydrogens (tertiary/aromatic N) is 1. The molecule has 1 heterocycles. The third kappa shape index (κ3) is 6.08. The van der Waals surface area contributed by atoms with Gasteiger partial charge in [-0.3, -0.25) is 9.52 Å². The van der Waals surface area contributed by atoms with Crippen molar-refractivity contribution in [1.82, 2.24) is 4.90 Å². The van der Waals surface area contributed by atoms with Gasteiger partial charge in [0.05, 0.1) is 12.2 Å². The molecule has 0 aliphatic carbocycles. The molecule has 1 atom stereocenters. The van der Waals surface area contributed by atoms with E-state index in [0.29, 0.717) is 24.2 Å². The number of hydrogen-bond donors (Lipinski definition) is 1. The third-order valence-electron chi connectivity index (χ3n) is 3.83. The van der Waals surface area contributed by atoms with E-state index in [1.807, 2.05) is 0 Å². The summed E-state index contributed by atoms with van der Waals surface area (Å²) < 4.78 is 62.9. The van der Waals surface area contributed by atoms with Crippen molar-refractivity contribution in [2.24, 2.45) is 5.92 Å². The van der Waals surface area contributed by atoms with Gasteiger partial charge in [0.2, 0.25) is 15.9 Å². The largest absolute Gasteiger partial charge is 0.393 e. The van der Waals surface area contributed by atoms with Crippen LogP contribution in [0.2, 0.25) is 0 Å². The fraction of sp³-hybridized carbons (Fsp3) is 0.438. The van der Waals surface area contributed by atoms with Crippen LogP contribution in [-0.2, 0) is 14.8 Å². The lowest BCUT2D eigenvalue weighted by Crippen LogP contribution is -2.44. The van der Waals surface area contributed by atoms with Gasteiger partial charge >= 0.3 is 6.18 Å². The number of benzene rings is 1. The summed E-state index contributed by atoms with van der Waals surface area (Å²) >= 11 is 0. The van der Waals surface area contributed by atoms with Gasteiger partial charge in [0.25, 0.3) is 0 Å². The smallest absolute Gasteiger partial charge is 0.339 e. The van der Waals surface area contributed by atoms with Crippen LogP contribution < -0.4 is 4.72 Å². The van der Waals surface area contributed by atoms with Crippen molar-refractivity contribution in [3.8, 4) is 0 Å². The van der Waals surface area contributed by atoms with E-state index < -0.39 is 28.0 Å². The van der Waals surface area contributed by atoms with Crippen LogP contribution in [0.5, 0.6) is 0 Å². The maximum atomic E-state index is 12.8. The first-order chi connectivity index (χ1) is 11.5. The van der Waals surface area contributed by atoms with Gasteiger partial charge in [-0.2, -0.15) is 13.2 Å². The highest BCUT2D eigenvalue weighted by Gasteiger charge is 2.42. The van der Waals surface area contributed by atoms with E-state index in [2.05, 4.69) is 4.72 Å². The molecule has 0 bridgehead atoms. The molecule has 2 rings (SSSR count). The molecule has 1 saturated heterocycles. The zero-order chi connectivity index (χ0) is 18.7. The molecule has 0 saturated carbocycles. The summed E-state index contributed by atoms with van der Waals surface area (Å²) in [6.07, 6.45) is -0.152. The van der Waals surface area contributed by atoms with Crippen molar-refractivity contribution in [2.75, 3.05) is 24.1 Å². The monoisotopic (exact) mass is 376 g/mol. The highest BCUT2D eigenvalue weighted by molar-refractivity contribution is 7.92. The second-order valence-electron chi connectivity index (χ2n) is 5.99. The molecule has 1 N–H and O–H groups in total. The van der Waals surface area contributed by atoms with Crippen LogP contribution in [-0.4, -0.2) is 44.7 Å². The number of nitrogens with one attached hydrogen (secondary N) is 1. The first kappa shape index (κ1) is 19.3. The summed E-state index contributed by atoms with van der Waals surface area (Å²) in [6, 6.07) is 6.27. The number of carbonyl (C=O) groups excluding carboxylic acids is 1.